The molecule has 1 fully saturated rings. The fourth-order valence-corrected chi connectivity index (χ4v) is 4.21. The zero-order valence-corrected chi connectivity index (χ0v) is 17.8. The van der Waals surface area contributed by atoms with Crippen LogP contribution in [0.5, 0.6) is 0 Å². The number of piperazine rings is 1. The molecular formula is C23H29N5O2. The summed E-state index contributed by atoms with van der Waals surface area (Å²) in [6.07, 6.45) is 4.38. The molecule has 158 valence electrons. The van der Waals surface area contributed by atoms with Crippen LogP contribution in [-0.4, -0.2) is 52.1 Å². The number of benzene rings is 1. The van der Waals surface area contributed by atoms with E-state index in [1.54, 1.807) is 6.92 Å². The first-order valence-corrected chi connectivity index (χ1v) is 10.5. The minimum atomic E-state index is -0.0895. The zero-order chi connectivity index (χ0) is 21.3. The molecule has 1 atom stereocenters. The van der Waals surface area contributed by atoms with Crippen molar-refractivity contribution in [3.05, 3.63) is 53.6 Å². The number of anilines is 3. The minimum Gasteiger partial charge on any atom is -0.512 e. The third-order valence-corrected chi connectivity index (χ3v) is 5.92. The number of hydrogen-bond donors (Lipinski definition) is 2. The van der Waals surface area contributed by atoms with Crippen LogP contribution in [0.4, 0.5) is 17.3 Å². The highest BCUT2D eigenvalue weighted by Gasteiger charge is 2.28. The Balaban J connectivity index is 1.45. The van der Waals surface area contributed by atoms with E-state index in [0.717, 1.165) is 48.8 Å². The molecule has 4 rings (SSSR count). The highest BCUT2D eigenvalue weighted by molar-refractivity contribution is 5.73. The van der Waals surface area contributed by atoms with Crippen molar-refractivity contribution in [3.8, 4) is 0 Å². The van der Waals surface area contributed by atoms with Crippen LogP contribution in [0.3, 0.4) is 0 Å². The van der Waals surface area contributed by atoms with Gasteiger partial charge in [0.05, 0.1) is 17.4 Å². The van der Waals surface area contributed by atoms with Crippen molar-refractivity contribution in [2.45, 2.75) is 33.1 Å². The monoisotopic (exact) mass is 407 g/mol. The number of hydrogen-bond acceptors (Lipinski definition) is 6. The maximum Gasteiger partial charge on any atom is 0.227 e. The fraction of sp³-hybridized carbons (Fsp3) is 0.435. The van der Waals surface area contributed by atoms with Gasteiger partial charge >= 0.3 is 0 Å². The van der Waals surface area contributed by atoms with E-state index in [1.165, 1.54) is 0 Å². The van der Waals surface area contributed by atoms with Crippen molar-refractivity contribution >= 4 is 23.2 Å². The largest absolute Gasteiger partial charge is 0.512 e. The summed E-state index contributed by atoms with van der Waals surface area (Å²) in [5, 5.41) is 13.6. The third-order valence-electron chi connectivity index (χ3n) is 5.92. The lowest BCUT2D eigenvalue weighted by molar-refractivity contribution is -0.129. The number of fused-ring (bicyclic) bond motifs is 1. The van der Waals surface area contributed by atoms with E-state index in [-0.39, 0.29) is 17.7 Å². The van der Waals surface area contributed by atoms with Crippen LogP contribution in [0, 0.1) is 5.92 Å². The second-order valence-corrected chi connectivity index (χ2v) is 8.32. The Morgan fingerprint density at radius 1 is 1.17 bits per heavy atom. The second-order valence-electron chi connectivity index (χ2n) is 8.32. The number of rotatable bonds is 4. The van der Waals surface area contributed by atoms with E-state index < -0.39 is 0 Å². The van der Waals surface area contributed by atoms with Crippen LogP contribution in [0.25, 0.3) is 0 Å². The molecule has 0 radical (unpaired) electrons. The van der Waals surface area contributed by atoms with Crippen LogP contribution in [-0.2, 0) is 11.2 Å². The van der Waals surface area contributed by atoms with Crippen LogP contribution in [0.1, 0.15) is 37.9 Å². The van der Waals surface area contributed by atoms with Gasteiger partial charge in [0.1, 0.15) is 0 Å². The Bertz CT molecular complexity index is 947. The number of aliphatic hydroxyl groups is 1. The Hall–Kier alpha value is -3.09. The predicted octanol–water partition coefficient (Wildman–Crippen LogP) is 3.63. The van der Waals surface area contributed by atoms with E-state index in [1.807, 2.05) is 29.3 Å². The summed E-state index contributed by atoms with van der Waals surface area (Å²) in [6, 6.07) is 8.20. The summed E-state index contributed by atoms with van der Waals surface area (Å²) in [4.78, 5) is 24.9. The molecule has 1 unspecified atom stereocenters. The lowest BCUT2D eigenvalue weighted by Crippen LogP contribution is -2.48. The van der Waals surface area contributed by atoms with Crippen LogP contribution in [0.15, 0.2) is 42.3 Å². The van der Waals surface area contributed by atoms with Crippen LogP contribution >= 0.6 is 0 Å². The number of amides is 1. The molecular weight excluding hydrogens is 378 g/mol. The molecule has 2 aliphatic rings. The van der Waals surface area contributed by atoms with Gasteiger partial charge in [-0.25, -0.2) is 9.97 Å². The number of carbonyl (C=O) groups is 1. The molecule has 7 heteroatoms. The summed E-state index contributed by atoms with van der Waals surface area (Å²) in [5.74, 6) is 1.25. The summed E-state index contributed by atoms with van der Waals surface area (Å²) >= 11 is 0. The average molecular weight is 408 g/mol. The van der Waals surface area contributed by atoms with Crippen molar-refractivity contribution in [3.63, 3.8) is 0 Å². The number of allylic oxidation sites excluding steroid dienone is 2. The number of carbonyl (C=O) groups excluding carboxylic acids is 1. The van der Waals surface area contributed by atoms with Gasteiger partial charge < -0.3 is 20.2 Å². The Labute approximate surface area is 177 Å². The molecule has 0 spiro atoms. The Morgan fingerprint density at radius 2 is 1.87 bits per heavy atom. The normalized spacial score (nSPS) is 18.8. The van der Waals surface area contributed by atoms with Gasteiger partial charge in [0.25, 0.3) is 0 Å². The van der Waals surface area contributed by atoms with Crippen LogP contribution < -0.4 is 10.2 Å². The maximum absolute atomic E-state index is 11.5. The van der Waals surface area contributed by atoms with E-state index >= 15 is 0 Å². The lowest BCUT2D eigenvalue weighted by Gasteiger charge is -2.35. The van der Waals surface area contributed by atoms with Crippen molar-refractivity contribution in [1.82, 2.24) is 14.9 Å². The van der Waals surface area contributed by atoms with E-state index in [2.05, 4.69) is 41.2 Å². The zero-order valence-electron chi connectivity index (χ0n) is 17.8. The summed E-state index contributed by atoms with van der Waals surface area (Å²) in [6.45, 7) is 9.01. The Kier molecular flexibility index (Phi) is 5.61. The molecule has 7 nitrogen and oxygen atoms in total. The second kappa shape index (κ2) is 8.34. The van der Waals surface area contributed by atoms with Gasteiger partial charge in [0.15, 0.2) is 0 Å². The van der Waals surface area contributed by atoms with Gasteiger partial charge in [0.2, 0.25) is 11.9 Å². The standard InChI is InChI=1S/C23H29N5O2/c1-15(2)21-20(30)9-4-17-14-24-23(26-22(17)21)25-18-5-7-19(8-6-18)28-12-10-27(11-13-28)16(3)29/h5-9,14-15,21,30H,4,10-13H2,1-3H3,(H,24,25,26). The summed E-state index contributed by atoms with van der Waals surface area (Å²) in [7, 11) is 0. The maximum atomic E-state index is 11.5. The van der Waals surface area contributed by atoms with E-state index in [4.69, 9.17) is 4.98 Å². The van der Waals surface area contributed by atoms with Gasteiger partial charge in [-0.05, 0) is 48.2 Å². The third kappa shape index (κ3) is 4.10. The summed E-state index contributed by atoms with van der Waals surface area (Å²) < 4.78 is 0. The molecule has 0 bridgehead atoms. The molecule has 1 aromatic carbocycles. The molecule has 2 N–H and O–H groups in total. The van der Waals surface area contributed by atoms with Crippen LogP contribution in [0.2, 0.25) is 0 Å². The molecule has 1 aliphatic carbocycles. The first-order chi connectivity index (χ1) is 14.4. The highest BCUT2D eigenvalue weighted by atomic mass is 16.3. The molecule has 2 aromatic rings. The number of aromatic nitrogens is 2. The molecule has 2 heterocycles. The van der Waals surface area contributed by atoms with Crippen molar-refractivity contribution < 1.29 is 9.90 Å². The first kappa shape index (κ1) is 20.2. The summed E-state index contributed by atoms with van der Waals surface area (Å²) in [5.41, 5.74) is 4.03. The number of aliphatic hydroxyl groups excluding tert-OH is 1. The van der Waals surface area contributed by atoms with Gasteiger partial charge in [-0.3, -0.25) is 4.79 Å². The molecule has 1 aromatic heterocycles. The van der Waals surface area contributed by atoms with Gasteiger partial charge in [-0.15, -0.1) is 0 Å². The predicted molar refractivity (Wildman–Crippen MR) is 118 cm³/mol. The van der Waals surface area contributed by atoms with E-state index in [9.17, 15) is 9.90 Å². The lowest BCUT2D eigenvalue weighted by atomic mass is 9.84. The van der Waals surface area contributed by atoms with Gasteiger partial charge in [-0.2, -0.15) is 0 Å². The Morgan fingerprint density at radius 3 is 2.50 bits per heavy atom. The van der Waals surface area contributed by atoms with Crippen molar-refractivity contribution in [1.29, 1.82) is 0 Å². The molecule has 30 heavy (non-hydrogen) atoms. The first-order valence-electron chi connectivity index (χ1n) is 10.5. The number of nitrogens with zero attached hydrogens (tertiary/aromatic N) is 4. The fourth-order valence-electron chi connectivity index (χ4n) is 4.21. The van der Waals surface area contributed by atoms with Gasteiger partial charge in [-0.1, -0.05) is 13.8 Å². The number of nitrogens with one attached hydrogen (secondary N) is 1. The highest BCUT2D eigenvalue weighted by Crippen LogP contribution is 2.35. The molecule has 0 saturated carbocycles. The van der Waals surface area contributed by atoms with E-state index in [0.29, 0.717) is 18.1 Å². The quantitative estimate of drug-likeness (QED) is 0.806. The van der Waals surface area contributed by atoms with Gasteiger partial charge in [0, 0.05) is 50.7 Å². The molecule has 1 saturated heterocycles. The molecule has 1 aliphatic heterocycles. The smallest absolute Gasteiger partial charge is 0.227 e. The molecule has 1 amide bonds. The van der Waals surface area contributed by atoms with Crippen molar-refractivity contribution in [2.24, 2.45) is 5.92 Å². The topological polar surface area (TPSA) is 81.6 Å². The SMILES string of the molecule is CC(=O)N1CCN(c2ccc(Nc3ncc4c(n3)C(C(C)C)C(O)=CC4)cc2)CC1. The average Bonchev–Trinajstić information content (AvgIpc) is 2.74. The minimum absolute atomic E-state index is 0.0895. The van der Waals surface area contributed by atoms with Crippen molar-refractivity contribution in [2.75, 3.05) is 36.4 Å².